The zero-order chi connectivity index (χ0) is 17.2. The van der Waals surface area contributed by atoms with E-state index in [1.165, 1.54) is 0 Å². The van der Waals surface area contributed by atoms with Gasteiger partial charge in [-0.1, -0.05) is 43.0 Å². The fourth-order valence-corrected chi connectivity index (χ4v) is 1.91. The van der Waals surface area contributed by atoms with E-state index in [2.05, 4.69) is 17.1 Å². The minimum Gasteiger partial charge on any atom is -0.490 e. The molecule has 0 unspecified atom stereocenters. The second kappa shape index (κ2) is 9.15. The Balaban J connectivity index is 1.82. The van der Waals surface area contributed by atoms with E-state index in [4.69, 9.17) is 9.47 Å². The molecule has 2 rings (SSSR count). The summed E-state index contributed by atoms with van der Waals surface area (Å²) >= 11 is 0. The van der Waals surface area contributed by atoms with E-state index in [0.29, 0.717) is 18.1 Å². The lowest BCUT2D eigenvalue weighted by molar-refractivity contribution is -0.123. The molecule has 0 heterocycles. The molecule has 0 atom stereocenters. The summed E-state index contributed by atoms with van der Waals surface area (Å²) < 4.78 is 10.9. The molecule has 0 radical (unpaired) electrons. The van der Waals surface area contributed by atoms with Gasteiger partial charge < -0.3 is 9.47 Å². The molecule has 2 aromatic carbocycles. The molecule has 1 amide bonds. The van der Waals surface area contributed by atoms with Gasteiger partial charge in [0.1, 0.15) is 18.1 Å². The quantitative estimate of drug-likeness (QED) is 0.461. The van der Waals surface area contributed by atoms with Crippen LogP contribution in [0.25, 0.3) is 0 Å². The van der Waals surface area contributed by atoms with Crippen LogP contribution in [0.15, 0.2) is 66.3 Å². The van der Waals surface area contributed by atoms with Gasteiger partial charge in [-0.2, -0.15) is 5.10 Å². The fraction of sp³-hybridized carbons (Fsp3) is 0.158. The number of rotatable bonds is 8. The highest BCUT2D eigenvalue weighted by Crippen LogP contribution is 2.15. The van der Waals surface area contributed by atoms with E-state index in [1.54, 1.807) is 12.3 Å². The Morgan fingerprint density at radius 1 is 1.21 bits per heavy atom. The van der Waals surface area contributed by atoms with E-state index in [-0.39, 0.29) is 12.5 Å². The number of para-hydroxylation sites is 1. The zero-order valence-corrected chi connectivity index (χ0v) is 13.6. The molecule has 0 aliphatic heterocycles. The average Bonchev–Trinajstić information content (AvgIpc) is 2.60. The van der Waals surface area contributed by atoms with E-state index in [1.807, 2.05) is 55.5 Å². The molecule has 5 heteroatoms. The summed E-state index contributed by atoms with van der Waals surface area (Å²) in [6.45, 7) is 5.87. The third-order valence-corrected chi connectivity index (χ3v) is 3.08. The van der Waals surface area contributed by atoms with Crippen LogP contribution in [0.5, 0.6) is 11.5 Å². The number of hydrogen-bond acceptors (Lipinski definition) is 4. The highest BCUT2D eigenvalue weighted by atomic mass is 16.5. The van der Waals surface area contributed by atoms with E-state index in [9.17, 15) is 4.79 Å². The molecule has 1 N–H and O–H groups in total. The van der Waals surface area contributed by atoms with Crippen molar-refractivity contribution in [2.75, 3.05) is 13.2 Å². The second-order valence-electron chi connectivity index (χ2n) is 5.02. The molecule has 0 bridgehead atoms. The van der Waals surface area contributed by atoms with Crippen LogP contribution in [0.1, 0.15) is 11.1 Å². The van der Waals surface area contributed by atoms with Gasteiger partial charge in [-0.3, -0.25) is 4.79 Å². The van der Waals surface area contributed by atoms with Crippen LogP contribution in [-0.2, 0) is 4.79 Å². The van der Waals surface area contributed by atoms with Gasteiger partial charge in [0.05, 0.1) is 6.21 Å². The fourth-order valence-electron chi connectivity index (χ4n) is 1.91. The Hall–Kier alpha value is -3.08. The minimum atomic E-state index is -0.325. The molecule has 0 spiro atoms. The topological polar surface area (TPSA) is 59.9 Å². The van der Waals surface area contributed by atoms with Crippen LogP contribution in [-0.4, -0.2) is 25.3 Å². The zero-order valence-electron chi connectivity index (χ0n) is 13.6. The first-order chi connectivity index (χ1) is 11.7. The van der Waals surface area contributed by atoms with Gasteiger partial charge >= 0.3 is 0 Å². The third kappa shape index (κ3) is 5.61. The van der Waals surface area contributed by atoms with Crippen molar-refractivity contribution in [2.45, 2.75) is 6.92 Å². The number of nitrogens with one attached hydrogen (secondary N) is 1. The van der Waals surface area contributed by atoms with E-state index >= 15 is 0 Å². The van der Waals surface area contributed by atoms with Crippen LogP contribution in [0.3, 0.4) is 0 Å². The summed E-state index contributed by atoms with van der Waals surface area (Å²) in [7, 11) is 0. The van der Waals surface area contributed by atoms with Crippen molar-refractivity contribution in [3.8, 4) is 11.5 Å². The first kappa shape index (κ1) is 17.3. The summed E-state index contributed by atoms with van der Waals surface area (Å²) in [5.74, 6) is 1.07. The molecule has 5 nitrogen and oxygen atoms in total. The molecule has 0 aromatic heterocycles. The van der Waals surface area contributed by atoms with Gasteiger partial charge in [-0.15, -0.1) is 0 Å². The maximum atomic E-state index is 11.7. The Bertz CT molecular complexity index is 726. The van der Waals surface area contributed by atoms with Crippen molar-refractivity contribution in [2.24, 2.45) is 5.10 Å². The maximum absolute atomic E-state index is 11.7. The number of amides is 1. The van der Waals surface area contributed by atoms with Crippen molar-refractivity contribution in [3.63, 3.8) is 0 Å². The predicted octanol–water partition coefficient (Wildman–Crippen LogP) is 3.09. The van der Waals surface area contributed by atoms with Gasteiger partial charge in [0.2, 0.25) is 0 Å². The highest BCUT2D eigenvalue weighted by Gasteiger charge is 2.03. The lowest BCUT2D eigenvalue weighted by Gasteiger charge is -2.07. The standard InChI is InChI=1S/C19H20N2O3/c1-3-11-23-17-9-6-8-16(12-17)13-20-21-19(22)14-24-18-10-5-4-7-15(18)2/h3-10,12-13H,1,11,14H2,2H3,(H,21,22)/b20-13+. The van der Waals surface area contributed by atoms with Crippen molar-refractivity contribution >= 4 is 12.1 Å². The predicted molar refractivity (Wildman–Crippen MR) is 94.5 cm³/mol. The Labute approximate surface area is 141 Å². The summed E-state index contributed by atoms with van der Waals surface area (Å²) in [5.41, 5.74) is 4.23. The number of carbonyl (C=O) groups is 1. The summed E-state index contributed by atoms with van der Waals surface area (Å²) in [4.78, 5) is 11.7. The summed E-state index contributed by atoms with van der Waals surface area (Å²) in [5, 5.41) is 3.92. The maximum Gasteiger partial charge on any atom is 0.277 e. The number of benzene rings is 2. The number of carbonyl (C=O) groups excluding carboxylic acids is 1. The largest absolute Gasteiger partial charge is 0.490 e. The smallest absolute Gasteiger partial charge is 0.277 e. The molecular formula is C19H20N2O3. The molecule has 0 fully saturated rings. The molecule has 24 heavy (non-hydrogen) atoms. The molecule has 124 valence electrons. The van der Waals surface area contributed by atoms with Crippen LogP contribution >= 0.6 is 0 Å². The molecular weight excluding hydrogens is 304 g/mol. The van der Waals surface area contributed by atoms with E-state index in [0.717, 1.165) is 11.1 Å². The number of hydrazone groups is 1. The van der Waals surface area contributed by atoms with Gasteiger partial charge in [0.15, 0.2) is 6.61 Å². The number of ether oxygens (including phenoxy) is 2. The SMILES string of the molecule is C=CCOc1cccc(/C=N/NC(=O)COc2ccccc2C)c1. The Kier molecular flexibility index (Phi) is 6.58. The highest BCUT2D eigenvalue weighted by molar-refractivity contribution is 5.83. The van der Waals surface area contributed by atoms with Crippen molar-refractivity contribution < 1.29 is 14.3 Å². The molecule has 0 aliphatic carbocycles. The summed E-state index contributed by atoms with van der Waals surface area (Å²) in [6.07, 6.45) is 3.22. The van der Waals surface area contributed by atoms with Gasteiger partial charge in [0.25, 0.3) is 5.91 Å². The lowest BCUT2D eigenvalue weighted by atomic mass is 10.2. The van der Waals surface area contributed by atoms with Gasteiger partial charge in [0, 0.05) is 0 Å². The van der Waals surface area contributed by atoms with Crippen LogP contribution in [0.4, 0.5) is 0 Å². The molecule has 0 saturated carbocycles. The lowest BCUT2D eigenvalue weighted by Crippen LogP contribution is -2.24. The van der Waals surface area contributed by atoms with Crippen LogP contribution in [0.2, 0.25) is 0 Å². The minimum absolute atomic E-state index is 0.0926. The second-order valence-corrected chi connectivity index (χ2v) is 5.02. The van der Waals surface area contributed by atoms with Gasteiger partial charge in [-0.25, -0.2) is 5.43 Å². The average molecular weight is 324 g/mol. The van der Waals surface area contributed by atoms with Crippen molar-refractivity contribution in [1.29, 1.82) is 0 Å². The number of hydrogen-bond donors (Lipinski definition) is 1. The molecule has 0 aliphatic rings. The Morgan fingerprint density at radius 3 is 2.83 bits per heavy atom. The number of nitrogens with zero attached hydrogens (tertiary/aromatic N) is 1. The summed E-state index contributed by atoms with van der Waals surface area (Å²) in [6, 6.07) is 14.9. The van der Waals surface area contributed by atoms with E-state index < -0.39 is 0 Å². The monoisotopic (exact) mass is 324 g/mol. The van der Waals surface area contributed by atoms with Crippen LogP contribution in [0, 0.1) is 6.92 Å². The van der Waals surface area contributed by atoms with Gasteiger partial charge in [-0.05, 0) is 36.2 Å². The molecule has 2 aromatic rings. The first-order valence-corrected chi connectivity index (χ1v) is 7.53. The first-order valence-electron chi connectivity index (χ1n) is 7.53. The normalized spacial score (nSPS) is 10.4. The third-order valence-electron chi connectivity index (χ3n) is 3.08. The van der Waals surface area contributed by atoms with Crippen molar-refractivity contribution in [1.82, 2.24) is 5.43 Å². The van der Waals surface area contributed by atoms with Crippen LogP contribution < -0.4 is 14.9 Å². The van der Waals surface area contributed by atoms with Crippen molar-refractivity contribution in [3.05, 3.63) is 72.3 Å². The Morgan fingerprint density at radius 2 is 2.04 bits per heavy atom. The molecule has 0 saturated heterocycles. The number of aryl methyl sites for hydroxylation is 1.